The minimum atomic E-state index is -1.00. The molecule has 1 aromatic carbocycles. The van der Waals surface area contributed by atoms with Crippen molar-refractivity contribution >= 4 is 0 Å². The smallest absolute Gasteiger partial charge is 0.128 e. The Kier molecular flexibility index (Phi) is 3.53. The van der Waals surface area contributed by atoms with Crippen LogP contribution < -0.4 is 0 Å². The van der Waals surface area contributed by atoms with E-state index in [-0.39, 0.29) is 0 Å². The number of aryl methyl sites for hydroxylation is 2. The highest BCUT2D eigenvalue weighted by Crippen LogP contribution is 2.29. The third kappa shape index (κ3) is 2.18. The van der Waals surface area contributed by atoms with E-state index < -0.39 is 5.60 Å². The second kappa shape index (κ2) is 4.94. The predicted octanol–water partition coefficient (Wildman–Crippen LogP) is 2.72. The highest BCUT2D eigenvalue weighted by atomic mass is 16.3. The van der Waals surface area contributed by atoms with E-state index in [4.69, 9.17) is 0 Å². The summed E-state index contributed by atoms with van der Waals surface area (Å²) >= 11 is 0. The van der Waals surface area contributed by atoms with Gasteiger partial charge in [0.1, 0.15) is 5.60 Å². The van der Waals surface area contributed by atoms with Gasteiger partial charge in [-0.05, 0) is 37.5 Å². The van der Waals surface area contributed by atoms with Crippen molar-refractivity contribution in [2.45, 2.75) is 39.3 Å². The Bertz CT molecular complexity index is 512. The molecule has 18 heavy (non-hydrogen) atoms. The number of rotatable bonds is 4. The number of aliphatic hydroxyl groups is 1. The third-order valence-electron chi connectivity index (χ3n) is 3.44. The molecule has 96 valence electrons. The highest BCUT2D eigenvalue weighted by molar-refractivity contribution is 5.33. The number of nitrogens with zero attached hydrogens (tertiary/aromatic N) is 2. The lowest BCUT2D eigenvalue weighted by atomic mass is 9.91. The van der Waals surface area contributed by atoms with Crippen LogP contribution in [-0.4, -0.2) is 14.9 Å². The number of aromatic nitrogens is 2. The molecule has 0 saturated carbocycles. The number of hydrogen-bond acceptors (Lipinski definition) is 2. The van der Waals surface area contributed by atoms with Crippen LogP contribution >= 0.6 is 0 Å². The maximum Gasteiger partial charge on any atom is 0.128 e. The summed E-state index contributed by atoms with van der Waals surface area (Å²) in [6.45, 7) is 6.72. The van der Waals surface area contributed by atoms with Crippen LogP contribution in [0.2, 0.25) is 0 Å². The first-order valence-electron chi connectivity index (χ1n) is 6.43. The van der Waals surface area contributed by atoms with Crippen LogP contribution in [0.1, 0.15) is 37.6 Å². The standard InChI is InChI=1S/C15H20N2O/c1-4-12-6-8-13(9-7-12)15(3,18)14-10-11-16-17(14)5-2/h6-11,18H,4-5H2,1-3H3. The lowest BCUT2D eigenvalue weighted by molar-refractivity contribution is 0.0917. The Labute approximate surface area is 108 Å². The van der Waals surface area contributed by atoms with Crippen LogP contribution in [0.25, 0.3) is 0 Å². The van der Waals surface area contributed by atoms with Crippen molar-refractivity contribution in [3.05, 3.63) is 53.3 Å². The lowest BCUT2D eigenvalue weighted by Gasteiger charge is -2.25. The molecule has 0 amide bonds. The van der Waals surface area contributed by atoms with Gasteiger partial charge in [-0.15, -0.1) is 0 Å². The molecule has 0 aliphatic heterocycles. The number of benzene rings is 1. The van der Waals surface area contributed by atoms with E-state index in [0.717, 1.165) is 24.2 Å². The summed E-state index contributed by atoms with van der Waals surface area (Å²) in [4.78, 5) is 0. The molecular weight excluding hydrogens is 224 g/mol. The van der Waals surface area contributed by atoms with Crippen molar-refractivity contribution in [3.63, 3.8) is 0 Å². The zero-order valence-electron chi connectivity index (χ0n) is 11.2. The van der Waals surface area contributed by atoms with Crippen LogP contribution in [0.4, 0.5) is 0 Å². The van der Waals surface area contributed by atoms with Crippen LogP contribution in [0.15, 0.2) is 36.5 Å². The first-order chi connectivity index (χ1) is 8.59. The molecule has 0 saturated heterocycles. The first-order valence-corrected chi connectivity index (χ1v) is 6.43. The predicted molar refractivity (Wildman–Crippen MR) is 72.4 cm³/mol. The van der Waals surface area contributed by atoms with E-state index >= 15 is 0 Å². The molecule has 3 nitrogen and oxygen atoms in total. The molecular formula is C15H20N2O. The molecule has 1 aromatic heterocycles. The second-order valence-corrected chi connectivity index (χ2v) is 4.65. The maximum atomic E-state index is 10.8. The highest BCUT2D eigenvalue weighted by Gasteiger charge is 2.28. The Morgan fingerprint density at radius 2 is 1.83 bits per heavy atom. The molecule has 0 aliphatic carbocycles. The maximum absolute atomic E-state index is 10.8. The van der Waals surface area contributed by atoms with Gasteiger partial charge in [0, 0.05) is 12.7 Å². The molecule has 2 rings (SSSR count). The van der Waals surface area contributed by atoms with Gasteiger partial charge < -0.3 is 5.11 Å². The number of hydrogen-bond donors (Lipinski definition) is 1. The zero-order valence-corrected chi connectivity index (χ0v) is 11.2. The Morgan fingerprint density at radius 1 is 1.17 bits per heavy atom. The zero-order chi connectivity index (χ0) is 13.2. The summed E-state index contributed by atoms with van der Waals surface area (Å²) in [6.07, 6.45) is 2.74. The van der Waals surface area contributed by atoms with Gasteiger partial charge in [0.05, 0.1) is 5.69 Å². The van der Waals surface area contributed by atoms with Gasteiger partial charge >= 0.3 is 0 Å². The van der Waals surface area contributed by atoms with Gasteiger partial charge in [0.2, 0.25) is 0 Å². The summed E-state index contributed by atoms with van der Waals surface area (Å²) in [7, 11) is 0. The van der Waals surface area contributed by atoms with Crippen molar-refractivity contribution in [2.24, 2.45) is 0 Å². The molecule has 0 aliphatic rings. The molecule has 0 radical (unpaired) electrons. The monoisotopic (exact) mass is 244 g/mol. The van der Waals surface area contributed by atoms with E-state index in [0.29, 0.717) is 0 Å². The normalized spacial score (nSPS) is 14.4. The van der Waals surface area contributed by atoms with Gasteiger partial charge in [0.25, 0.3) is 0 Å². The van der Waals surface area contributed by atoms with E-state index in [2.05, 4.69) is 24.2 Å². The largest absolute Gasteiger partial charge is 0.379 e. The van der Waals surface area contributed by atoms with Gasteiger partial charge in [-0.1, -0.05) is 31.2 Å². The van der Waals surface area contributed by atoms with Gasteiger partial charge in [-0.25, -0.2) is 0 Å². The van der Waals surface area contributed by atoms with Crippen LogP contribution in [0.3, 0.4) is 0 Å². The Balaban J connectivity index is 2.40. The van der Waals surface area contributed by atoms with E-state index in [1.807, 2.05) is 36.7 Å². The van der Waals surface area contributed by atoms with Crippen molar-refractivity contribution < 1.29 is 5.11 Å². The summed E-state index contributed by atoms with van der Waals surface area (Å²) in [5.74, 6) is 0. The van der Waals surface area contributed by atoms with E-state index in [9.17, 15) is 5.11 Å². The van der Waals surface area contributed by atoms with Gasteiger partial charge in [0.15, 0.2) is 0 Å². The molecule has 0 spiro atoms. The van der Waals surface area contributed by atoms with Crippen LogP contribution in [0, 0.1) is 0 Å². The average Bonchev–Trinajstić information content (AvgIpc) is 2.88. The molecule has 1 N–H and O–H groups in total. The summed E-state index contributed by atoms with van der Waals surface area (Å²) in [5, 5.41) is 15.0. The fourth-order valence-electron chi connectivity index (χ4n) is 2.21. The minimum Gasteiger partial charge on any atom is -0.379 e. The van der Waals surface area contributed by atoms with Crippen LogP contribution in [-0.2, 0) is 18.6 Å². The van der Waals surface area contributed by atoms with Gasteiger partial charge in [-0.2, -0.15) is 5.10 Å². The first kappa shape index (κ1) is 12.8. The Hall–Kier alpha value is -1.61. The molecule has 1 unspecified atom stereocenters. The minimum absolute atomic E-state index is 0.755. The van der Waals surface area contributed by atoms with E-state index in [1.165, 1.54) is 5.56 Å². The third-order valence-corrected chi connectivity index (χ3v) is 3.44. The summed E-state index contributed by atoms with van der Waals surface area (Å²) in [6, 6.07) is 9.99. The van der Waals surface area contributed by atoms with Crippen molar-refractivity contribution in [3.8, 4) is 0 Å². The van der Waals surface area contributed by atoms with Gasteiger partial charge in [-0.3, -0.25) is 4.68 Å². The molecule has 0 fully saturated rings. The molecule has 1 heterocycles. The molecule has 0 bridgehead atoms. The SMILES string of the molecule is CCc1ccc(C(C)(O)c2ccnn2CC)cc1. The molecule has 3 heteroatoms. The Morgan fingerprint density at radius 3 is 2.39 bits per heavy atom. The fraction of sp³-hybridized carbons (Fsp3) is 0.400. The lowest BCUT2D eigenvalue weighted by Crippen LogP contribution is -2.26. The van der Waals surface area contributed by atoms with Crippen LogP contribution in [0.5, 0.6) is 0 Å². The van der Waals surface area contributed by atoms with Crippen molar-refractivity contribution in [1.29, 1.82) is 0 Å². The van der Waals surface area contributed by atoms with E-state index in [1.54, 1.807) is 6.20 Å². The summed E-state index contributed by atoms with van der Waals surface area (Å²) in [5.41, 5.74) is 2.00. The second-order valence-electron chi connectivity index (χ2n) is 4.65. The van der Waals surface area contributed by atoms with Crippen molar-refractivity contribution in [2.75, 3.05) is 0 Å². The topological polar surface area (TPSA) is 38.1 Å². The average molecular weight is 244 g/mol. The van der Waals surface area contributed by atoms with Crippen molar-refractivity contribution in [1.82, 2.24) is 9.78 Å². The molecule has 1 atom stereocenters. The quantitative estimate of drug-likeness (QED) is 0.898. The fourth-order valence-corrected chi connectivity index (χ4v) is 2.21. The molecule has 2 aromatic rings. The summed E-state index contributed by atoms with van der Waals surface area (Å²) < 4.78 is 1.83.